The molecule has 3 rings (SSSR count). The number of benzene rings is 1. The number of amides is 2. The standard InChI is InChI=1S/C21H30N4O4/c1-13(2)11-18(21(28)29)22-19(26)15-9-7-14(8-10-15)12-25-20(27)16-5-3-4-6-17(16)23-24-25/h3-6,13-15,18,23-24H,7-12H2,1-2H3,(H,22,26)(H,28,29)/t14?,15?,18-/m0/s1. The van der Waals surface area contributed by atoms with Gasteiger partial charge in [0.05, 0.1) is 11.3 Å². The highest BCUT2D eigenvalue weighted by Gasteiger charge is 2.32. The maximum atomic E-state index is 12.6. The van der Waals surface area contributed by atoms with E-state index in [2.05, 4.69) is 16.3 Å². The van der Waals surface area contributed by atoms with Crippen LogP contribution in [0.5, 0.6) is 0 Å². The molecule has 2 aliphatic rings. The van der Waals surface area contributed by atoms with Crippen LogP contribution < -0.4 is 16.3 Å². The van der Waals surface area contributed by atoms with Gasteiger partial charge >= 0.3 is 5.97 Å². The Morgan fingerprint density at radius 2 is 1.90 bits per heavy atom. The smallest absolute Gasteiger partial charge is 0.326 e. The van der Waals surface area contributed by atoms with E-state index in [9.17, 15) is 19.5 Å². The van der Waals surface area contributed by atoms with Crippen molar-refractivity contribution in [1.29, 1.82) is 0 Å². The molecule has 1 aromatic rings. The van der Waals surface area contributed by atoms with Crippen molar-refractivity contribution in [3.8, 4) is 0 Å². The fourth-order valence-corrected chi connectivity index (χ4v) is 4.08. The van der Waals surface area contributed by atoms with Crippen molar-refractivity contribution >= 4 is 23.5 Å². The molecule has 1 aliphatic heterocycles. The van der Waals surface area contributed by atoms with Gasteiger partial charge in [0, 0.05) is 12.5 Å². The van der Waals surface area contributed by atoms with Crippen LogP contribution in [0.15, 0.2) is 24.3 Å². The molecule has 8 heteroatoms. The molecule has 0 radical (unpaired) electrons. The van der Waals surface area contributed by atoms with E-state index < -0.39 is 12.0 Å². The molecule has 1 fully saturated rings. The van der Waals surface area contributed by atoms with Gasteiger partial charge in [-0.05, 0) is 56.1 Å². The lowest BCUT2D eigenvalue weighted by Crippen LogP contribution is -2.52. The Labute approximate surface area is 171 Å². The molecule has 29 heavy (non-hydrogen) atoms. The maximum absolute atomic E-state index is 12.6. The summed E-state index contributed by atoms with van der Waals surface area (Å²) in [5, 5.41) is 13.6. The van der Waals surface area contributed by atoms with E-state index in [1.165, 1.54) is 0 Å². The highest BCUT2D eigenvalue weighted by molar-refractivity contribution is 6.00. The van der Waals surface area contributed by atoms with Gasteiger partial charge in [0.15, 0.2) is 0 Å². The Morgan fingerprint density at radius 3 is 2.55 bits per heavy atom. The number of carbonyl (C=O) groups is 3. The number of hydrogen-bond donors (Lipinski definition) is 4. The average Bonchev–Trinajstić information content (AvgIpc) is 2.70. The number of nitrogens with one attached hydrogen (secondary N) is 3. The minimum Gasteiger partial charge on any atom is -0.480 e. The summed E-state index contributed by atoms with van der Waals surface area (Å²) >= 11 is 0. The van der Waals surface area contributed by atoms with Crippen molar-refractivity contribution in [2.75, 3.05) is 12.0 Å². The molecule has 0 bridgehead atoms. The van der Waals surface area contributed by atoms with Gasteiger partial charge in [-0.1, -0.05) is 26.0 Å². The molecule has 158 valence electrons. The Bertz CT molecular complexity index is 759. The Hall–Kier alpha value is -2.61. The van der Waals surface area contributed by atoms with E-state index in [0.29, 0.717) is 37.3 Å². The first-order valence-corrected chi connectivity index (χ1v) is 10.3. The number of rotatable bonds is 7. The first-order valence-electron chi connectivity index (χ1n) is 10.3. The van der Waals surface area contributed by atoms with Crippen molar-refractivity contribution in [2.24, 2.45) is 17.8 Å². The van der Waals surface area contributed by atoms with Gasteiger partial charge in [-0.3, -0.25) is 14.6 Å². The van der Waals surface area contributed by atoms with Gasteiger partial charge in [-0.2, -0.15) is 0 Å². The van der Waals surface area contributed by atoms with E-state index in [0.717, 1.165) is 18.5 Å². The highest BCUT2D eigenvalue weighted by atomic mass is 16.4. The molecule has 4 N–H and O–H groups in total. The van der Waals surface area contributed by atoms with E-state index in [1.54, 1.807) is 11.1 Å². The number of anilines is 1. The lowest BCUT2D eigenvalue weighted by Gasteiger charge is -2.35. The van der Waals surface area contributed by atoms with Gasteiger partial charge in [0.1, 0.15) is 6.04 Å². The third-order valence-electron chi connectivity index (χ3n) is 5.71. The minimum absolute atomic E-state index is 0.0581. The monoisotopic (exact) mass is 402 g/mol. The molecule has 1 saturated carbocycles. The number of hydrazine groups is 2. The number of aliphatic carboxylic acids is 1. The SMILES string of the molecule is CC(C)C[C@H](NC(=O)C1CCC(CN2NNc3ccccc3C2=O)CC1)C(=O)O. The largest absolute Gasteiger partial charge is 0.480 e. The summed E-state index contributed by atoms with van der Waals surface area (Å²) in [4.78, 5) is 36.5. The molecular formula is C21H30N4O4. The van der Waals surface area contributed by atoms with Crippen LogP contribution in [-0.2, 0) is 9.59 Å². The number of carboxylic acids is 1. The maximum Gasteiger partial charge on any atom is 0.326 e. The fourth-order valence-electron chi connectivity index (χ4n) is 4.08. The third kappa shape index (κ3) is 5.26. The van der Waals surface area contributed by atoms with Gasteiger partial charge in [0.25, 0.3) is 5.91 Å². The van der Waals surface area contributed by atoms with E-state index >= 15 is 0 Å². The van der Waals surface area contributed by atoms with Crippen molar-refractivity contribution in [2.45, 2.75) is 52.0 Å². The first kappa shape index (κ1) is 21.1. The quantitative estimate of drug-likeness (QED) is 0.557. The van der Waals surface area contributed by atoms with Crippen LogP contribution in [0, 0.1) is 17.8 Å². The van der Waals surface area contributed by atoms with Crippen LogP contribution in [0.25, 0.3) is 0 Å². The van der Waals surface area contributed by atoms with Crippen LogP contribution in [-0.4, -0.2) is 40.5 Å². The summed E-state index contributed by atoms with van der Waals surface area (Å²) < 4.78 is 0. The lowest BCUT2D eigenvalue weighted by atomic mass is 9.81. The fraction of sp³-hybridized carbons (Fsp3) is 0.571. The minimum atomic E-state index is -0.983. The molecule has 0 spiro atoms. The molecule has 1 atom stereocenters. The second-order valence-corrected chi connectivity index (χ2v) is 8.44. The molecule has 8 nitrogen and oxygen atoms in total. The summed E-state index contributed by atoms with van der Waals surface area (Å²) in [7, 11) is 0. The number of para-hydroxylation sites is 1. The van der Waals surface area contributed by atoms with Crippen molar-refractivity contribution in [1.82, 2.24) is 15.9 Å². The lowest BCUT2D eigenvalue weighted by molar-refractivity contribution is -0.143. The van der Waals surface area contributed by atoms with Gasteiger partial charge < -0.3 is 15.8 Å². The first-order chi connectivity index (χ1) is 13.8. The van der Waals surface area contributed by atoms with Gasteiger partial charge in [-0.15, -0.1) is 5.53 Å². The topological polar surface area (TPSA) is 111 Å². The highest BCUT2D eigenvalue weighted by Crippen LogP contribution is 2.30. The summed E-state index contributed by atoms with van der Waals surface area (Å²) in [5.41, 5.74) is 7.40. The number of carbonyl (C=O) groups excluding carboxylic acids is 2. The van der Waals surface area contributed by atoms with Crippen LogP contribution in [0.4, 0.5) is 5.69 Å². The van der Waals surface area contributed by atoms with Gasteiger partial charge in [0.2, 0.25) is 5.91 Å². The zero-order valence-electron chi connectivity index (χ0n) is 17.0. The normalized spacial score (nSPS) is 22.6. The molecule has 1 aliphatic carbocycles. The van der Waals surface area contributed by atoms with Crippen LogP contribution >= 0.6 is 0 Å². The summed E-state index contributed by atoms with van der Waals surface area (Å²) in [6.45, 7) is 4.45. The molecule has 0 unspecified atom stereocenters. The molecule has 0 saturated heterocycles. The number of fused-ring (bicyclic) bond motifs is 1. The molecular weight excluding hydrogens is 372 g/mol. The summed E-state index contributed by atoms with van der Waals surface area (Å²) in [6.07, 6.45) is 3.49. The second-order valence-electron chi connectivity index (χ2n) is 8.44. The van der Waals surface area contributed by atoms with Crippen molar-refractivity contribution < 1.29 is 19.5 Å². The van der Waals surface area contributed by atoms with Crippen molar-refractivity contribution in [3.63, 3.8) is 0 Å². The average molecular weight is 402 g/mol. The van der Waals surface area contributed by atoms with E-state index in [-0.39, 0.29) is 23.7 Å². The third-order valence-corrected chi connectivity index (χ3v) is 5.71. The molecule has 1 heterocycles. The molecule has 2 amide bonds. The van der Waals surface area contributed by atoms with Crippen molar-refractivity contribution in [3.05, 3.63) is 29.8 Å². The predicted octanol–water partition coefficient (Wildman–Crippen LogP) is 2.40. The zero-order valence-corrected chi connectivity index (χ0v) is 17.0. The predicted molar refractivity (Wildman–Crippen MR) is 109 cm³/mol. The summed E-state index contributed by atoms with van der Waals surface area (Å²) in [5.74, 6) is -0.877. The number of carboxylic acid groups (broad SMARTS) is 1. The Morgan fingerprint density at radius 1 is 1.21 bits per heavy atom. The Kier molecular flexibility index (Phi) is 6.74. The van der Waals surface area contributed by atoms with E-state index in [1.807, 2.05) is 32.0 Å². The second kappa shape index (κ2) is 9.26. The van der Waals surface area contributed by atoms with Crippen LogP contribution in [0.2, 0.25) is 0 Å². The number of hydrogen-bond acceptors (Lipinski definition) is 5. The molecule has 1 aromatic carbocycles. The molecule has 0 aromatic heterocycles. The summed E-state index contributed by atoms with van der Waals surface area (Å²) in [6, 6.07) is 6.54. The van der Waals surface area contributed by atoms with Crippen LogP contribution in [0.3, 0.4) is 0 Å². The van der Waals surface area contributed by atoms with E-state index in [4.69, 9.17) is 0 Å². The zero-order chi connectivity index (χ0) is 21.0. The van der Waals surface area contributed by atoms with Crippen LogP contribution in [0.1, 0.15) is 56.3 Å². The van der Waals surface area contributed by atoms with Gasteiger partial charge in [-0.25, -0.2) is 4.79 Å². The number of nitrogens with zero attached hydrogens (tertiary/aromatic N) is 1. The Balaban J connectivity index is 1.49.